The lowest BCUT2D eigenvalue weighted by molar-refractivity contribution is 0.339. The van der Waals surface area contributed by atoms with Crippen molar-refractivity contribution in [2.45, 2.75) is 25.3 Å². The summed E-state index contributed by atoms with van der Waals surface area (Å²) in [5.41, 5.74) is 0. The molecule has 0 saturated carbocycles. The molecule has 1 saturated heterocycles. The minimum atomic E-state index is 0.275. The van der Waals surface area contributed by atoms with Crippen LogP contribution in [0.4, 0.5) is 0 Å². The van der Waals surface area contributed by atoms with Crippen LogP contribution < -0.4 is 5.32 Å². The summed E-state index contributed by atoms with van der Waals surface area (Å²) < 4.78 is 5.42. The van der Waals surface area contributed by atoms with E-state index in [1.165, 1.54) is 0 Å². The first-order valence-corrected chi connectivity index (χ1v) is 7.96. The summed E-state index contributed by atoms with van der Waals surface area (Å²) in [6.07, 6.45) is 4.48. The third-order valence-corrected chi connectivity index (χ3v) is 4.45. The largest absolute Gasteiger partial charge is 0.338 e. The van der Waals surface area contributed by atoms with Crippen molar-refractivity contribution in [3.8, 4) is 11.6 Å². The van der Waals surface area contributed by atoms with Gasteiger partial charge in [0.25, 0.3) is 0 Å². The molecule has 0 amide bonds. The van der Waals surface area contributed by atoms with Crippen LogP contribution in [0.2, 0.25) is 0 Å². The van der Waals surface area contributed by atoms with Gasteiger partial charge in [-0.2, -0.15) is 16.7 Å². The van der Waals surface area contributed by atoms with Crippen LogP contribution in [0.3, 0.4) is 0 Å². The van der Waals surface area contributed by atoms with Crippen molar-refractivity contribution < 1.29 is 4.52 Å². The maximum atomic E-state index is 5.42. The van der Waals surface area contributed by atoms with E-state index in [4.69, 9.17) is 4.52 Å². The molecule has 0 aliphatic carbocycles. The Labute approximate surface area is 121 Å². The molecular weight excluding hydrogens is 274 g/mol. The molecule has 0 bridgehead atoms. The highest BCUT2D eigenvalue weighted by Crippen LogP contribution is 2.32. The van der Waals surface area contributed by atoms with Gasteiger partial charge in [-0.25, -0.2) is 9.97 Å². The summed E-state index contributed by atoms with van der Waals surface area (Å²) in [5.74, 6) is 4.03. The quantitative estimate of drug-likeness (QED) is 0.898. The first kappa shape index (κ1) is 13.5. The third kappa shape index (κ3) is 2.83. The van der Waals surface area contributed by atoms with Crippen molar-refractivity contribution >= 4 is 11.8 Å². The molecule has 1 fully saturated rings. The summed E-state index contributed by atoms with van der Waals surface area (Å²) in [6.45, 7) is 3.19. The maximum Gasteiger partial charge on any atom is 0.240 e. The van der Waals surface area contributed by atoms with Crippen molar-refractivity contribution in [2.75, 3.05) is 18.1 Å². The van der Waals surface area contributed by atoms with Gasteiger partial charge in [0.1, 0.15) is 0 Å². The predicted molar refractivity (Wildman–Crippen MR) is 77.5 cm³/mol. The van der Waals surface area contributed by atoms with Gasteiger partial charge >= 0.3 is 0 Å². The summed E-state index contributed by atoms with van der Waals surface area (Å²) in [6, 6.07) is 2.17. The van der Waals surface area contributed by atoms with Gasteiger partial charge in [0.05, 0.1) is 5.92 Å². The standard InChI is InChI=1S/C13H17N5OS/c1-2-4-14-10-8-20-7-9(10)13-17-12(18-19-13)11-15-5-3-6-16-11/h3,5-6,9-10,14H,2,4,7-8H2,1H3. The Balaban J connectivity index is 1.76. The summed E-state index contributed by atoms with van der Waals surface area (Å²) in [7, 11) is 0. The number of aromatic nitrogens is 4. The number of nitrogens with zero attached hydrogens (tertiary/aromatic N) is 4. The van der Waals surface area contributed by atoms with E-state index in [2.05, 4.69) is 32.3 Å². The average molecular weight is 291 g/mol. The Morgan fingerprint density at radius 3 is 2.95 bits per heavy atom. The highest BCUT2D eigenvalue weighted by atomic mass is 32.2. The highest BCUT2D eigenvalue weighted by molar-refractivity contribution is 7.99. The van der Waals surface area contributed by atoms with Crippen LogP contribution in [0.25, 0.3) is 11.6 Å². The van der Waals surface area contributed by atoms with Crippen molar-refractivity contribution in [3.63, 3.8) is 0 Å². The highest BCUT2D eigenvalue weighted by Gasteiger charge is 2.33. The van der Waals surface area contributed by atoms with Crippen LogP contribution in [0, 0.1) is 0 Å². The van der Waals surface area contributed by atoms with E-state index in [0.717, 1.165) is 24.5 Å². The number of hydrogen-bond acceptors (Lipinski definition) is 7. The lowest BCUT2D eigenvalue weighted by atomic mass is 10.0. The zero-order valence-electron chi connectivity index (χ0n) is 11.3. The molecule has 1 aliphatic rings. The van der Waals surface area contributed by atoms with Gasteiger partial charge in [-0.15, -0.1) is 0 Å². The second-order valence-electron chi connectivity index (χ2n) is 4.73. The fourth-order valence-electron chi connectivity index (χ4n) is 2.22. The molecule has 0 aromatic carbocycles. The van der Waals surface area contributed by atoms with Crippen molar-refractivity contribution in [1.29, 1.82) is 0 Å². The first-order valence-electron chi connectivity index (χ1n) is 6.80. The molecule has 2 aromatic heterocycles. The van der Waals surface area contributed by atoms with E-state index in [9.17, 15) is 0 Å². The lowest BCUT2D eigenvalue weighted by Crippen LogP contribution is -2.34. The van der Waals surface area contributed by atoms with Crippen molar-refractivity contribution in [3.05, 3.63) is 24.4 Å². The Hall–Kier alpha value is -1.47. The Morgan fingerprint density at radius 1 is 1.30 bits per heavy atom. The Bertz CT molecular complexity index is 547. The van der Waals surface area contributed by atoms with Gasteiger partial charge in [0.2, 0.25) is 17.5 Å². The van der Waals surface area contributed by atoms with Gasteiger partial charge in [-0.3, -0.25) is 0 Å². The molecule has 2 aromatic rings. The average Bonchev–Trinajstić information content (AvgIpc) is 3.14. The molecule has 2 atom stereocenters. The molecule has 20 heavy (non-hydrogen) atoms. The van der Waals surface area contributed by atoms with Crippen LogP contribution in [0.15, 0.2) is 23.0 Å². The zero-order chi connectivity index (χ0) is 13.8. The number of nitrogens with one attached hydrogen (secondary N) is 1. The van der Waals surface area contributed by atoms with Crippen LogP contribution in [0.1, 0.15) is 25.2 Å². The fourth-order valence-corrected chi connectivity index (χ4v) is 3.59. The van der Waals surface area contributed by atoms with Crippen molar-refractivity contribution in [2.24, 2.45) is 0 Å². The van der Waals surface area contributed by atoms with Crippen LogP contribution in [0.5, 0.6) is 0 Å². The minimum Gasteiger partial charge on any atom is -0.338 e. The number of rotatable bonds is 5. The molecule has 0 spiro atoms. The molecule has 0 radical (unpaired) electrons. The molecule has 1 aliphatic heterocycles. The Morgan fingerprint density at radius 2 is 2.15 bits per heavy atom. The molecular formula is C13H17N5OS. The molecule has 7 heteroatoms. The Kier molecular flexibility index (Phi) is 4.27. The summed E-state index contributed by atoms with van der Waals surface area (Å²) >= 11 is 1.92. The number of hydrogen-bond donors (Lipinski definition) is 1. The van der Waals surface area contributed by atoms with Gasteiger partial charge in [0.15, 0.2) is 0 Å². The summed E-state index contributed by atoms with van der Waals surface area (Å²) in [5, 5.41) is 7.55. The normalized spacial score (nSPS) is 22.2. The molecule has 106 valence electrons. The van der Waals surface area contributed by atoms with Gasteiger partial charge in [0, 0.05) is 29.9 Å². The van der Waals surface area contributed by atoms with Gasteiger partial charge < -0.3 is 9.84 Å². The fraction of sp³-hybridized carbons (Fsp3) is 0.538. The van der Waals surface area contributed by atoms with E-state index < -0.39 is 0 Å². The van der Waals surface area contributed by atoms with Crippen LogP contribution in [-0.4, -0.2) is 44.2 Å². The second kappa shape index (κ2) is 6.32. The number of thioether (sulfide) groups is 1. The molecule has 2 unspecified atom stereocenters. The van der Waals surface area contributed by atoms with Crippen molar-refractivity contribution in [1.82, 2.24) is 25.4 Å². The monoisotopic (exact) mass is 291 g/mol. The lowest BCUT2D eigenvalue weighted by Gasteiger charge is -2.16. The smallest absolute Gasteiger partial charge is 0.240 e. The van der Waals surface area contributed by atoms with E-state index in [1.807, 2.05) is 11.8 Å². The van der Waals surface area contributed by atoms with Gasteiger partial charge in [-0.1, -0.05) is 12.1 Å². The second-order valence-corrected chi connectivity index (χ2v) is 5.81. The minimum absolute atomic E-state index is 0.275. The molecule has 1 N–H and O–H groups in total. The van der Waals surface area contributed by atoms with Crippen LogP contribution in [-0.2, 0) is 0 Å². The van der Waals surface area contributed by atoms with E-state index in [-0.39, 0.29) is 5.92 Å². The molecule has 3 rings (SSSR count). The van der Waals surface area contributed by atoms with E-state index in [1.54, 1.807) is 18.5 Å². The topological polar surface area (TPSA) is 76.7 Å². The zero-order valence-corrected chi connectivity index (χ0v) is 12.1. The SMILES string of the molecule is CCCNC1CSCC1c1nc(-c2ncccn2)no1. The van der Waals surface area contributed by atoms with E-state index in [0.29, 0.717) is 23.6 Å². The molecule has 6 nitrogen and oxygen atoms in total. The predicted octanol–water partition coefficient (Wildman–Crippen LogP) is 1.73. The third-order valence-electron chi connectivity index (χ3n) is 3.26. The molecule has 3 heterocycles. The maximum absolute atomic E-state index is 5.42. The van der Waals surface area contributed by atoms with Gasteiger partial charge in [-0.05, 0) is 19.0 Å². The first-order chi connectivity index (χ1) is 9.88. The van der Waals surface area contributed by atoms with Crippen LogP contribution >= 0.6 is 11.8 Å². The summed E-state index contributed by atoms with van der Waals surface area (Å²) in [4.78, 5) is 12.7. The van der Waals surface area contributed by atoms with E-state index >= 15 is 0 Å².